The lowest BCUT2D eigenvalue weighted by atomic mass is 9.82. The van der Waals surface area contributed by atoms with Gasteiger partial charge in [0.1, 0.15) is 17.4 Å². The summed E-state index contributed by atoms with van der Waals surface area (Å²) in [6.07, 6.45) is 8.32. The Morgan fingerprint density at radius 3 is 1.70 bits per heavy atom. The van der Waals surface area contributed by atoms with Crippen LogP contribution in [-0.4, -0.2) is 9.97 Å². The predicted octanol–water partition coefficient (Wildman–Crippen LogP) is 9.67. The molecule has 0 fully saturated rings. The molecule has 2 aromatic heterocycles. The highest BCUT2D eigenvalue weighted by molar-refractivity contribution is 5.88. The number of hydrogen-bond donors (Lipinski definition) is 0. The van der Waals surface area contributed by atoms with E-state index in [1.807, 2.05) is 54.9 Å². The van der Waals surface area contributed by atoms with E-state index in [9.17, 15) is 0 Å². The van der Waals surface area contributed by atoms with Crippen LogP contribution >= 0.6 is 0 Å². The molecule has 9 rings (SSSR count). The van der Waals surface area contributed by atoms with Crippen molar-refractivity contribution in [2.24, 2.45) is 0 Å². The summed E-state index contributed by atoms with van der Waals surface area (Å²) >= 11 is 0. The van der Waals surface area contributed by atoms with Crippen LogP contribution in [0.3, 0.4) is 0 Å². The number of hydrogen-bond acceptors (Lipinski definition) is 6. The molecule has 0 N–H and O–H groups in total. The van der Waals surface area contributed by atoms with Gasteiger partial charge in [-0.05, 0) is 78.9 Å². The first-order valence-electron chi connectivity index (χ1n) is 15.0. The molecular weight excluding hydrogens is 532 g/mol. The average Bonchev–Trinajstić information content (AvgIpc) is 3.27. The van der Waals surface area contributed by atoms with Gasteiger partial charge in [-0.3, -0.25) is 9.80 Å². The molecule has 2 aliphatic heterocycles. The first kappa shape index (κ1) is 24.5. The molecule has 0 spiro atoms. The lowest BCUT2D eigenvalue weighted by Crippen LogP contribution is -2.27. The van der Waals surface area contributed by atoms with Gasteiger partial charge in [0.25, 0.3) is 0 Å². The molecule has 0 bridgehead atoms. The van der Waals surface area contributed by atoms with Crippen LogP contribution in [0.4, 0.5) is 28.7 Å². The van der Waals surface area contributed by atoms with Crippen molar-refractivity contribution < 1.29 is 9.47 Å². The van der Waals surface area contributed by atoms with Crippen molar-refractivity contribution in [3.8, 4) is 28.4 Å². The van der Waals surface area contributed by atoms with Crippen LogP contribution in [-0.2, 0) is 5.41 Å². The van der Waals surface area contributed by atoms with Crippen LogP contribution in [0.5, 0.6) is 17.2 Å². The van der Waals surface area contributed by atoms with E-state index in [1.165, 1.54) is 16.8 Å². The number of benzene rings is 3. The van der Waals surface area contributed by atoms with Gasteiger partial charge in [-0.2, -0.15) is 0 Å². The number of para-hydroxylation sites is 6. The van der Waals surface area contributed by atoms with E-state index in [1.54, 1.807) is 0 Å². The molecule has 6 heteroatoms. The van der Waals surface area contributed by atoms with Crippen LogP contribution < -0.4 is 19.3 Å². The van der Waals surface area contributed by atoms with E-state index in [4.69, 9.17) is 19.4 Å². The number of ether oxygens (including phenoxy) is 2. The molecule has 43 heavy (non-hydrogen) atoms. The number of aromatic nitrogens is 2. The van der Waals surface area contributed by atoms with E-state index in [2.05, 4.69) is 66.1 Å². The lowest BCUT2D eigenvalue weighted by Gasteiger charge is -2.36. The zero-order valence-electron chi connectivity index (χ0n) is 24.2. The molecule has 4 heterocycles. The number of nitrogens with zero attached hydrogens (tertiary/aromatic N) is 4. The summed E-state index contributed by atoms with van der Waals surface area (Å²) < 4.78 is 12.6. The summed E-state index contributed by atoms with van der Waals surface area (Å²) in [4.78, 5) is 14.7. The molecule has 0 amide bonds. The second-order valence-electron chi connectivity index (χ2n) is 12.2. The van der Waals surface area contributed by atoms with Gasteiger partial charge in [0.15, 0.2) is 17.2 Å². The first-order chi connectivity index (χ1) is 21.1. The van der Waals surface area contributed by atoms with Crippen molar-refractivity contribution in [1.29, 1.82) is 0 Å². The lowest BCUT2D eigenvalue weighted by molar-refractivity contribution is 0.363. The Hall–Kier alpha value is -5.10. The third-order valence-corrected chi connectivity index (χ3v) is 9.30. The van der Waals surface area contributed by atoms with Crippen molar-refractivity contribution in [2.45, 2.75) is 44.9 Å². The minimum absolute atomic E-state index is 0.249. The maximum atomic E-state index is 6.38. The Bertz CT molecular complexity index is 1950. The standard InChI is InChI=1S/C37H30N4O2/c1-37(2)25-19-35(40-27-11-3-7-15-31(27)42-32-16-8-4-12-28(32)40)38-21-23(25)24-22-39-36(20-26(24)37)41-29-13-5-9-17-33(29)43-34-18-10-6-14-30(34)41/h3-5,7-9,11-13,15-17,19-22H,6,10,14,18H2,1-2H3. The molecule has 0 radical (unpaired) electrons. The monoisotopic (exact) mass is 562 g/mol. The van der Waals surface area contributed by atoms with Crippen LogP contribution in [0.15, 0.2) is 109 Å². The SMILES string of the molecule is CC1(C)c2cc(N3C4=C(CCCC4)Oc4ccccc43)ncc2-c2cnc(N3c4ccccc4Oc4ccccc43)cc21. The Morgan fingerprint density at radius 1 is 0.605 bits per heavy atom. The van der Waals surface area contributed by atoms with E-state index in [0.717, 1.165) is 88.5 Å². The van der Waals surface area contributed by atoms with E-state index in [-0.39, 0.29) is 5.41 Å². The Labute approximate surface area is 250 Å². The summed E-state index contributed by atoms with van der Waals surface area (Å²) in [6, 6.07) is 29.1. The minimum Gasteiger partial charge on any atom is -0.458 e. The van der Waals surface area contributed by atoms with Gasteiger partial charge < -0.3 is 9.47 Å². The van der Waals surface area contributed by atoms with Crippen molar-refractivity contribution in [3.63, 3.8) is 0 Å². The van der Waals surface area contributed by atoms with E-state index < -0.39 is 0 Å². The molecule has 0 atom stereocenters. The van der Waals surface area contributed by atoms with Gasteiger partial charge in [-0.25, -0.2) is 9.97 Å². The number of pyridine rings is 2. The Morgan fingerprint density at radius 2 is 1.09 bits per heavy atom. The topological polar surface area (TPSA) is 50.7 Å². The zero-order chi connectivity index (χ0) is 28.7. The summed E-state index contributed by atoms with van der Waals surface area (Å²) in [5, 5.41) is 0. The smallest absolute Gasteiger partial charge is 0.151 e. The molecule has 5 aromatic rings. The number of rotatable bonds is 2. The maximum absolute atomic E-state index is 6.38. The van der Waals surface area contributed by atoms with Crippen molar-refractivity contribution in [1.82, 2.24) is 9.97 Å². The molecule has 3 aromatic carbocycles. The highest BCUT2D eigenvalue weighted by Crippen LogP contribution is 2.54. The third kappa shape index (κ3) is 3.53. The summed E-state index contributed by atoms with van der Waals surface area (Å²) in [6.45, 7) is 4.62. The number of fused-ring (bicyclic) bond motifs is 6. The molecule has 4 aliphatic rings. The quantitative estimate of drug-likeness (QED) is 0.209. The third-order valence-electron chi connectivity index (χ3n) is 9.30. The number of allylic oxidation sites excluding steroid dienone is 2. The highest BCUT2D eigenvalue weighted by atomic mass is 16.5. The highest BCUT2D eigenvalue weighted by Gasteiger charge is 2.39. The first-order valence-corrected chi connectivity index (χ1v) is 15.0. The molecule has 6 nitrogen and oxygen atoms in total. The largest absolute Gasteiger partial charge is 0.458 e. The molecule has 0 unspecified atom stereocenters. The van der Waals surface area contributed by atoms with Crippen LogP contribution in [0.25, 0.3) is 11.1 Å². The predicted molar refractivity (Wildman–Crippen MR) is 169 cm³/mol. The molecule has 2 aliphatic carbocycles. The van der Waals surface area contributed by atoms with Crippen molar-refractivity contribution in [2.75, 3.05) is 9.80 Å². The fraction of sp³-hybridized carbons (Fsp3) is 0.189. The number of anilines is 5. The van der Waals surface area contributed by atoms with Gasteiger partial charge in [-0.1, -0.05) is 50.2 Å². The Balaban J connectivity index is 1.16. The fourth-order valence-corrected chi connectivity index (χ4v) is 7.17. The van der Waals surface area contributed by atoms with Crippen molar-refractivity contribution >= 4 is 28.7 Å². The Kier molecular flexibility index (Phi) is 5.10. The van der Waals surface area contributed by atoms with Crippen LogP contribution in [0.1, 0.15) is 50.7 Å². The normalized spacial score (nSPS) is 17.1. The maximum Gasteiger partial charge on any atom is 0.151 e. The van der Waals surface area contributed by atoms with Gasteiger partial charge in [0.05, 0.1) is 22.8 Å². The van der Waals surface area contributed by atoms with Crippen LogP contribution in [0, 0.1) is 0 Å². The molecular formula is C37H30N4O2. The fourth-order valence-electron chi connectivity index (χ4n) is 7.17. The van der Waals surface area contributed by atoms with E-state index >= 15 is 0 Å². The summed E-state index contributed by atoms with van der Waals surface area (Å²) in [5.74, 6) is 5.43. The summed E-state index contributed by atoms with van der Waals surface area (Å²) in [7, 11) is 0. The second-order valence-corrected chi connectivity index (χ2v) is 12.2. The van der Waals surface area contributed by atoms with Gasteiger partial charge >= 0.3 is 0 Å². The molecule has 0 saturated heterocycles. The van der Waals surface area contributed by atoms with Crippen LogP contribution in [0.2, 0.25) is 0 Å². The second kappa shape index (κ2) is 8.95. The van der Waals surface area contributed by atoms with Gasteiger partial charge in [0, 0.05) is 35.4 Å². The summed E-state index contributed by atoms with van der Waals surface area (Å²) in [5.41, 5.74) is 8.78. The zero-order valence-corrected chi connectivity index (χ0v) is 24.2. The molecule has 210 valence electrons. The molecule has 0 saturated carbocycles. The van der Waals surface area contributed by atoms with Gasteiger partial charge in [0.2, 0.25) is 0 Å². The average molecular weight is 563 g/mol. The van der Waals surface area contributed by atoms with E-state index in [0.29, 0.717) is 0 Å². The minimum atomic E-state index is -0.249. The van der Waals surface area contributed by atoms with Gasteiger partial charge in [-0.15, -0.1) is 0 Å². The van der Waals surface area contributed by atoms with Crippen molar-refractivity contribution in [3.05, 3.63) is 120 Å².